The van der Waals surface area contributed by atoms with Gasteiger partial charge in [-0.25, -0.2) is 14.4 Å². The fourth-order valence-corrected chi connectivity index (χ4v) is 2.50. The Kier molecular flexibility index (Phi) is 10.4. The zero-order chi connectivity index (χ0) is 23.4. The minimum atomic E-state index is -1.52. The summed E-state index contributed by atoms with van der Waals surface area (Å²) in [5.74, 6) is -4.44. The van der Waals surface area contributed by atoms with Crippen molar-refractivity contribution in [1.82, 2.24) is 15.6 Å². The lowest BCUT2D eigenvalue weighted by Gasteiger charge is -2.17. The maximum Gasteiger partial charge on any atom is 0.408 e. The van der Waals surface area contributed by atoms with Crippen LogP contribution in [-0.4, -0.2) is 68.9 Å². The first kappa shape index (κ1) is 25.3. The van der Waals surface area contributed by atoms with E-state index in [4.69, 9.17) is 14.9 Å². The molecule has 0 aliphatic rings. The Bertz CT molecular complexity index is 813. The quantitative estimate of drug-likeness (QED) is 0.274. The number of ether oxygens (including phenoxy) is 1. The number of pyridine rings is 1. The summed E-state index contributed by atoms with van der Waals surface area (Å²) in [5, 5.41) is 31.4. The molecule has 0 aromatic carbocycles. The van der Waals surface area contributed by atoms with Crippen LogP contribution in [-0.2, 0) is 19.1 Å². The lowest BCUT2D eigenvalue weighted by molar-refractivity contribution is -0.147. The zero-order valence-electron chi connectivity index (χ0n) is 16.9. The van der Waals surface area contributed by atoms with Gasteiger partial charge >= 0.3 is 24.0 Å². The van der Waals surface area contributed by atoms with Gasteiger partial charge in [-0.1, -0.05) is 0 Å². The van der Waals surface area contributed by atoms with Crippen LogP contribution >= 0.6 is 0 Å². The Balaban J connectivity index is 2.42. The highest BCUT2D eigenvalue weighted by Gasteiger charge is 2.26. The largest absolute Gasteiger partial charge is 0.481 e. The number of rotatable bonds is 13. The van der Waals surface area contributed by atoms with Crippen molar-refractivity contribution in [2.24, 2.45) is 0 Å². The van der Waals surface area contributed by atoms with Crippen molar-refractivity contribution >= 4 is 29.9 Å². The van der Waals surface area contributed by atoms with Crippen LogP contribution in [0.5, 0.6) is 0 Å². The van der Waals surface area contributed by atoms with Crippen molar-refractivity contribution < 1.29 is 44.0 Å². The third-order valence-corrected chi connectivity index (χ3v) is 4.08. The number of nitrogens with one attached hydrogen (secondary N) is 2. The van der Waals surface area contributed by atoms with Gasteiger partial charge < -0.3 is 30.7 Å². The number of alkyl carbamates (subject to hydrolysis) is 1. The molecule has 12 nitrogen and oxygen atoms in total. The first-order chi connectivity index (χ1) is 14.6. The van der Waals surface area contributed by atoms with E-state index in [1.165, 1.54) is 6.20 Å². The van der Waals surface area contributed by atoms with Crippen LogP contribution in [0.15, 0.2) is 18.5 Å². The molecule has 0 saturated heterocycles. The molecule has 12 heteroatoms. The number of aryl methyl sites for hydroxylation is 1. The highest BCUT2D eigenvalue weighted by Crippen LogP contribution is 2.08. The Labute approximate surface area is 177 Å². The van der Waals surface area contributed by atoms with E-state index < -0.39 is 42.6 Å². The van der Waals surface area contributed by atoms with Gasteiger partial charge in [-0.15, -0.1) is 0 Å². The summed E-state index contributed by atoms with van der Waals surface area (Å²) < 4.78 is 4.75. The highest BCUT2D eigenvalue weighted by atomic mass is 16.6. The van der Waals surface area contributed by atoms with Crippen LogP contribution in [0, 0.1) is 6.92 Å². The van der Waals surface area contributed by atoms with E-state index >= 15 is 0 Å². The van der Waals surface area contributed by atoms with Crippen molar-refractivity contribution in [3.63, 3.8) is 0 Å². The molecule has 1 rings (SSSR count). The molecule has 0 aliphatic heterocycles. The fraction of sp³-hybridized carbons (Fsp3) is 0.474. The van der Waals surface area contributed by atoms with Gasteiger partial charge in [-0.3, -0.25) is 14.6 Å². The normalized spacial score (nSPS) is 12.3. The van der Waals surface area contributed by atoms with Crippen molar-refractivity contribution in [3.8, 4) is 0 Å². The van der Waals surface area contributed by atoms with E-state index in [0.29, 0.717) is 18.4 Å². The van der Waals surface area contributed by atoms with E-state index in [9.17, 15) is 29.1 Å². The minimum Gasteiger partial charge on any atom is -0.481 e. The molecule has 0 fully saturated rings. The summed E-state index contributed by atoms with van der Waals surface area (Å²) in [7, 11) is 0. The number of amides is 2. The lowest BCUT2D eigenvalue weighted by Crippen LogP contribution is -2.43. The van der Waals surface area contributed by atoms with Gasteiger partial charge in [-0.2, -0.15) is 0 Å². The number of carbonyl (C=O) groups excluding carboxylic acids is 2. The summed E-state index contributed by atoms with van der Waals surface area (Å²) in [5.41, 5.74) is 1.24. The van der Waals surface area contributed by atoms with Gasteiger partial charge in [0.1, 0.15) is 6.04 Å². The number of hydrogen-bond donors (Lipinski definition) is 5. The summed E-state index contributed by atoms with van der Waals surface area (Å²) in [6.07, 6.45) is 0.0271. The Morgan fingerprint density at radius 3 is 2.32 bits per heavy atom. The predicted octanol–water partition coefficient (Wildman–Crippen LogP) is 0.788. The summed E-state index contributed by atoms with van der Waals surface area (Å²) >= 11 is 0. The van der Waals surface area contributed by atoms with Gasteiger partial charge in [0.05, 0.1) is 5.56 Å². The first-order valence-corrected chi connectivity index (χ1v) is 9.44. The average Bonchev–Trinajstić information content (AvgIpc) is 2.69. The van der Waals surface area contributed by atoms with Crippen LogP contribution < -0.4 is 10.6 Å². The Hall–Kier alpha value is -3.70. The molecular formula is C19H25N3O9. The maximum atomic E-state index is 12.0. The predicted molar refractivity (Wildman–Crippen MR) is 104 cm³/mol. The van der Waals surface area contributed by atoms with Crippen LogP contribution in [0.25, 0.3) is 0 Å². The first-order valence-electron chi connectivity index (χ1n) is 9.44. The topological polar surface area (TPSA) is 192 Å². The second-order valence-electron chi connectivity index (χ2n) is 6.70. The highest BCUT2D eigenvalue weighted by molar-refractivity contribution is 5.93. The number of unbranched alkanes of at least 4 members (excludes halogenated alkanes) is 1. The number of carbonyl (C=O) groups is 5. The fourth-order valence-electron chi connectivity index (χ4n) is 2.50. The summed E-state index contributed by atoms with van der Waals surface area (Å²) in [4.78, 5) is 60.6. The number of aliphatic carboxylic acids is 3. The standard InChI is InChI=1S/C19H25N3O9/c1-11-8-12(10-20-9-11)16(25)21-7-3-2-4-14(18(28)29)31-19(30)22-13(17(26)27)5-6-15(23)24/h8-10,13-14H,2-7H2,1H3,(H,21,25)(H,22,30)(H,23,24)(H,26,27)(H,28,29)/t13-,14-/m0/s1. The molecule has 5 N–H and O–H groups in total. The maximum absolute atomic E-state index is 12.0. The molecule has 170 valence electrons. The SMILES string of the molecule is Cc1cncc(C(=O)NCCCC[C@H](OC(=O)N[C@@H](CCC(=O)O)C(=O)O)C(=O)O)c1. The van der Waals surface area contributed by atoms with Gasteiger partial charge in [0, 0.05) is 25.4 Å². The van der Waals surface area contributed by atoms with Crippen molar-refractivity contribution in [2.45, 2.75) is 51.2 Å². The van der Waals surface area contributed by atoms with Crippen molar-refractivity contribution in [1.29, 1.82) is 0 Å². The molecular weight excluding hydrogens is 414 g/mol. The number of hydrogen-bond acceptors (Lipinski definition) is 7. The Morgan fingerprint density at radius 2 is 1.74 bits per heavy atom. The molecule has 0 spiro atoms. The molecule has 2 amide bonds. The molecule has 1 aromatic heterocycles. The minimum absolute atomic E-state index is 0.0580. The number of nitrogens with zero attached hydrogens (tertiary/aromatic N) is 1. The molecule has 0 radical (unpaired) electrons. The molecule has 31 heavy (non-hydrogen) atoms. The van der Waals surface area contributed by atoms with E-state index in [2.05, 4.69) is 10.3 Å². The van der Waals surface area contributed by atoms with Gasteiger partial charge in [0.25, 0.3) is 5.91 Å². The van der Waals surface area contributed by atoms with Crippen molar-refractivity contribution in [2.75, 3.05) is 6.54 Å². The van der Waals surface area contributed by atoms with Crippen LogP contribution in [0.1, 0.15) is 48.0 Å². The van der Waals surface area contributed by atoms with Gasteiger partial charge in [0.15, 0.2) is 0 Å². The van der Waals surface area contributed by atoms with Crippen molar-refractivity contribution in [3.05, 3.63) is 29.6 Å². The second kappa shape index (κ2) is 12.8. The van der Waals surface area contributed by atoms with Crippen LogP contribution in [0.3, 0.4) is 0 Å². The monoisotopic (exact) mass is 439 g/mol. The number of carboxylic acid groups (broad SMARTS) is 3. The molecule has 0 bridgehead atoms. The molecule has 2 atom stereocenters. The third kappa shape index (κ3) is 10.1. The summed E-state index contributed by atoms with van der Waals surface area (Å²) in [6.45, 7) is 2.07. The molecule has 1 aromatic rings. The summed E-state index contributed by atoms with van der Waals surface area (Å²) in [6, 6.07) is 0.153. The molecule has 1 heterocycles. The molecule has 0 unspecified atom stereocenters. The van der Waals surface area contributed by atoms with E-state index in [-0.39, 0.29) is 25.3 Å². The van der Waals surface area contributed by atoms with E-state index in [1.807, 2.05) is 5.32 Å². The lowest BCUT2D eigenvalue weighted by atomic mass is 10.1. The molecule has 0 saturated carbocycles. The van der Waals surface area contributed by atoms with E-state index in [0.717, 1.165) is 5.56 Å². The third-order valence-electron chi connectivity index (χ3n) is 4.08. The number of carboxylic acids is 3. The molecule has 0 aliphatic carbocycles. The second-order valence-corrected chi connectivity index (χ2v) is 6.70. The van der Waals surface area contributed by atoms with Gasteiger partial charge in [-0.05, 0) is 44.2 Å². The van der Waals surface area contributed by atoms with E-state index in [1.54, 1.807) is 19.2 Å². The Morgan fingerprint density at radius 1 is 1.03 bits per heavy atom. The zero-order valence-corrected chi connectivity index (χ0v) is 16.9. The number of aromatic nitrogens is 1. The van der Waals surface area contributed by atoms with Crippen LogP contribution in [0.4, 0.5) is 4.79 Å². The van der Waals surface area contributed by atoms with Crippen LogP contribution in [0.2, 0.25) is 0 Å². The average molecular weight is 439 g/mol. The smallest absolute Gasteiger partial charge is 0.408 e. The van der Waals surface area contributed by atoms with Gasteiger partial charge in [0.2, 0.25) is 6.10 Å².